The van der Waals surface area contributed by atoms with Crippen LogP contribution in [-0.4, -0.2) is 51.1 Å². The third-order valence-corrected chi connectivity index (χ3v) is 3.08. The second-order valence-electron chi connectivity index (χ2n) is 4.65. The van der Waals surface area contributed by atoms with Crippen LogP contribution in [0, 0.1) is 0 Å². The smallest absolute Gasteiger partial charge is 0.353 e. The van der Waals surface area contributed by atoms with Crippen molar-refractivity contribution in [3.05, 3.63) is 11.8 Å². The molecule has 0 spiro atoms. The summed E-state index contributed by atoms with van der Waals surface area (Å²) in [5.74, 6) is -1.43. The summed E-state index contributed by atoms with van der Waals surface area (Å²) in [6, 6.07) is 1.23. The van der Waals surface area contributed by atoms with E-state index in [1.54, 1.807) is 0 Å². The molecule has 0 aromatic carbocycles. The van der Waals surface area contributed by atoms with Crippen molar-refractivity contribution < 1.29 is 19.5 Å². The minimum Gasteiger partial charge on any atom is -0.477 e. The van der Waals surface area contributed by atoms with Gasteiger partial charge in [-0.05, 0) is 12.8 Å². The molecule has 1 aromatic rings. The molecule has 0 aliphatic carbocycles. The lowest BCUT2D eigenvalue weighted by Gasteiger charge is -2.19. The molecule has 1 aromatic heterocycles. The highest BCUT2D eigenvalue weighted by Crippen LogP contribution is 2.11. The number of aromatic amines is 1. The number of hydrogen-bond acceptors (Lipinski definition) is 4. The Morgan fingerprint density at radius 1 is 1.40 bits per heavy atom. The Bertz CT molecular complexity index is 525. The molecule has 2 heterocycles. The van der Waals surface area contributed by atoms with E-state index in [4.69, 9.17) is 5.11 Å². The van der Waals surface area contributed by atoms with E-state index in [9.17, 15) is 14.4 Å². The number of anilines is 1. The van der Waals surface area contributed by atoms with E-state index in [0.29, 0.717) is 13.0 Å². The number of carboxylic acids is 1. The number of aromatic carboxylic acids is 1. The molecule has 8 heteroatoms. The molecule has 8 nitrogen and oxygen atoms in total. The molecule has 1 fully saturated rings. The van der Waals surface area contributed by atoms with E-state index in [1.807, 2.05) is 0 Å². The number of nitrogens with one attached hydrogen (secondary N) is 2. The van der Waals surface area contributed by atoms with Gasteiger partial charge in [-0.2, -0.15) is 5.10 Å². The summed E-state index contributed by atoms with van der Waals surface area (Å²) >= 11 is 0. The summed E-state index contributed by atoms with van der Waals surface area (Å²) in [6.45, 7) is 0.543. The van der Waals surface area contributed by atoms with Crippen LogP contribution < -0.4 is 5.32 Å². The second kappa shape index (κ2) is 6.18. The highest BCUT2D eigenvalue weighted by molar-refractivity contribution is 5.95. The van der Waals surface area contributed by atoms with Crippen LogP contribution in [0.5, 0.6) is 0 Å². The molecular weight excluding hydrogens is 264 g/mol. The van der Waals surface area contributed by atoms with Crippen LogP contribution in [0.4, 0.5) is 5.82 Å². The van der Waals surface area contributed by atoms with Crippen molar-refractivity contribution in [3.8, 4) is 0 Å². The summed E-state index contributed by atoms with van der Waals surface area (Å²) in [5, 5.41) is 17.1. The molecule has 1 saturated heterocycles. The molecule has 3 N–H and O–H groups in total. The molecule has 0 radical (unpaired) electrons. The minimum atomic E-state index is -1.15. The zero-order valence-electron chi connectivity index (χ0n) is 10.9. The Morgan fingerprint density at radius 2 is 2.20 bits per heavy atom. The van der Waals surface area contributed by atoms with E-state index in [0.717, 1.165) is 19.3 Å². The summed E-state index contributed by atoms with van der Waals surface area (Å²) < 4.78 is 0. The molecule has 0 bridgehead atoms. The number of nitrogens with zero attached hydrogens (tertiary/aromatic N) is 2. The number of carbonyl (C=O) groups excluding carboxylic acids is 2. The molecule has 0 saturated carbocycles. The SMILES string of the molecule is O=C(CN1CCCCCC1=O)Nc1cc(C(=O)O)[nH]n1. The van der Waals surface area contributed by atoms with Gasteiger partial charge in [-0.1, -0.05) is 6.42 Å². The maximum Gasteiger partial charge on any atom is 0.353 e. The van der Waals surface area contributed by atoms with Gasteiger partial charge in [-0.3, -0.25) is 14.7 Å². The maximum atomic E-state index is 11.8. The van der Waals surface area contributed by atoms with Crippen LogP contribution in [0.3, 0.4) is 0 Å². The van der Waals surface area contributed by atoms with Crippen molar-refractivity contribution in [2.75, 3.05) is 18.4 Å². The van der Waals surface area contributed by atoms with E-state index in [1.165, 1.54) is 11.0 Å². The first kappa shape index (κ1) is 14.0. The third kappa shape index (κ3) is 3.56. The Kier molecular flexibility index (Phi) is 4.34. The predicted molar refractivity (Wildman–Crippen MR) is 69.2 cm³/mol. The summed E-state index contributed by atoms with van der Waals surface area (Å²) in [7, 11) is 0. The lowest BCUT2D eigenvalue weighted by Crippen LogP contribution is -2.37. The average molecular weight is 280 g/mol. The van der Waals surface area contributed by atoms with Gasteiger partial charge in [0.1, 0.15) is 5.69 Å². The van der Waals surface area contributed by atoms with Crippen LogP contribution >= 0.6 is 0 Å². The van der Waals surface area contributed by atoms with Crippen LogP contribution in [-0.2, 0) is 9.59 Å². The fourth-order valence-electron chi connectivity index (χ4n) is 2.06. The molecule has 20 heavy (non-hydrogen) atoms. The van der Waals surface area contributed by atoms with Crippen LogP contribution in [0.15, 0.2) is 6.07 Å². The normalized spacial score (nSPS) is 15.8. The predicted octanol–water partition coefficient (Wildman–Crippen LogP) is 0.449. The first-order valence-corrected chi connectivity index (χ1v) is 6.42. The summed E-state index contributed by atoms with van der Waals surface area (Å²) in [6.07, 6.45) is 3.22. The van der Waals surface area contributed by atoms with Gasteiger partial charge in [0, 0.05) is 19.0 Å². The van der Waals surface area contributed by atoms with Crippen LogP contribution in [0.25, 0.3) is 0 Å². The van der Waals surface area contributed by atoms with E-state index in [-0.39, 0.29) is 29.9 Å². The van der Waals surface area contributed by atoms with Gasteiger partial charge in [0.05, 0.1) is 6.54 Å². The summed E-state index contributed by atoms with van der Waals surface area (Å²) in [4.78, 5) is 35.7. The monoisotopic (exact) mass is 280 g/mol. The number of carbonyl (C=O) groups is 3. The topological polar surface area (TPSA) is 115 Å². The highest BCUT2D eigenvalue weighted by atomic mass is 16.4. The molecule has 1 aliphatic rings. The van der Waals surface area contributed by atoms with E-state index < -0.39 is 5.97 Å². The zero-order valence-corrected chi connectivity index (χ0v) is 10.9. The largest absolute Gasteiger partial charge is 0.477 e. The van der Waals surface area contributed by atoms with E-state index >= 15 is 0 Å². The van der Waals surface area contributed by atoms with Gasteiger partial charge in [-0.25, -0.2) is 4.79 Å². The standard InChI is InChI=1S/C12H16N4O4/c17-10(7-16-5-3-1-2-4-11(16)18)13-9-6-8(12(19)20)14-15-9/h6H,1-5,7H2,(H,19,20)(H2,13,14,15,17). The van der Waals surface area contributed by atoms with Crippen LogP contribution in [0.2, 0.25) is 0 Å². The number of likely N-dealkylation sites (tertiary alicyclic amines) is 1. The molecule has 1 aliphatic heterocycles. The van der Waals surface area contributed by atoms with Gasteiger partial charge in [-0.15, -0.1) is 0 Å². The van der Waals surface area contributed by atoms with Gasteiger partial charge in [0.2, 0.25) is 11.8 Å². The zero-order chi connectivity index (χ0) is 14.5. The maximum absolute atomic E-state index is 11.8. The number of rotatable bonds is 4. The lowest BCUT2D eigenvalue weighted by molar-refractivity contribution is -0.134. The van der Waals surface area contributed by atoms with Crippen molar-refractivity contribution in [2.24, 2.45) is 0 Å². The van der Waals surface area contributed by atoms with Crippen LogP contribution in [0.1, 0.15) is 36.2 Å². The van der Waals surface area contributed by atoms with Crippen molar-refractivity contribution in [2.45, 2.75) is 25.7 Å². The number of aromatic nitrogens is 2. The van der Waals surface area contributed by atoms with Gasteiger partial charge >= 0.3 is 5.97 Å². The number of amides is 2. The second-order valence-corrected chi connectivity index (χ2v) is 4.65. The lowest BCUT2D eigenvalue weighted by atomic mass is 10.2. The van der Waals surface area contributed by atoms with Gasteiger partial charge < -0.3 is 15.3 Å². The summed E-state index contributed by atoms with van der Waals surface area (Å²) in [5.41, 5.74) is -0.105. The first-order chi connectivity index (χ1) is 9.56. The molecule has 108 valence electrons. The van der Waals surface area contributed by atoms with E-state index in [2.05, 4.69) is 15.5 Å². The van der Waals surface area contributed by atoms with Crippen molar-refractivity contribution in [1.29, 1.82) is 0 Å². The average Bonchev–Trinajstić information content (AvgIpc) is 2.76. The molecule has 0 atom stereocenters. The van der Waals surface area contributed by atoms with Gasteiger partial charge in [0.15, 0.2) is 5.82 Å². The third-order valence-electron chi connectivity index (χ3n) is 3.08. The Hall–Kier alpha value is -2.38. The number of carboxylic acid groups (broad SMARTS) is 1. The fourth-order valence-corrected chi connectivity index (χ4v) is 2.06. The molecule has 2 amide bonds. The van der Waals surface area contributed by atoms with Crippen molar-refractivity contribution >= 4 is 23.6 Å². The first-order valence-electron chi connectivity index (χ1n) is 6.42. The molecule has 0 unspecified atom stereocenters. The molecule has 2 rings (SSSR count). The fraction of sp³-hybridized carbons (Fsp3) is 0.500. The van der Waals surface area contributed by atoms with Crippen molar-refractivity contribution in [1.82, 2.24) is 15.1 Å². The number of hydrogen-bond donors (Lipinski definition) is 3. The Balaban J connectivity index is 1.90. The molecular formula is C12H16N4O4. The van der Waals surface area contributed by atoms with Gasteiger partial charge in [0.25, 0.3) is 0 Å². The Morgan fingerprint density at radius 3 is 2.90 bits per heavy atom. The minimum absolute atomic E-state index is 0.0223. The van der Waals surface area contributed by atoms with Crippen molar-refractivity contribution in [3.63, 3.8) is 0 Å². The quantitative estimate of drug-likeness (QED) is 0.740. The highest BCUT2D eigenvalue weighted by Gasteiger charge is 2.19. The Labute approximate surface area is 115 Å². The number of H-pyrrole nitrogens is 1.